The fraction of sp³-hybridized carbons (Fsp3) is 0.344. The van der Waals surface area contributed by atoms with Crippen molar-refractivity contribution in [1.29, 1.82) is 0 Å². The summed E-state index contributed by atoms with van der Waals surface area (Å²) in [5, 5.41) is 0.955. The van der Waals surface area contributed by atoms with Crippen LogP contribution in [-0.2, 0) is 11.3 Å². The molecule has 1 amide bonds. The third-order valence-corrected chi connectivity index (χ3v) is 7.50. The number of rotatable bonds is 5. The van der Waals surface area contributed by atoms with Crippen LogP contribution in [0.3, 0.4) is 0 Å². The molecule has 10 nitrogen and oxygen atoms in total. The molecule has 1 fully saturated rings. The summed E-state index contributed by atoms with van der Waals surface area (Å²) >= 11 is 0. The molecular weight excluding hydrogens is 530 g/mol. The molecule has 0 atom stereocenters. The van der Waals surface area contributed by atoms with Gasteiger partial charge in [0.2, 0.25) is 5.91 Å². The van der Waals surface area contributed by atoms with Crippen LogP contribution in [0.4, 0.5) is 16.3 Å². The summed E-state index contributed by atoms with van der Waals surface area (Å²) < 4.78 is 7.49. The molecule has 0 spiro atoms. The normalized spacial score (nSPS) is 15.6. The Morgan fingerprint density at radius 3 is 2.60 bits per heavy atom. The molecule has 4 heterocycles. The number of amides is 1. The first-order valence-electron chi connectivity index (χ1n) is 14.2. The van der Waals surface area contributed by atoms with Crippen molar-refractivity contribution in [3.05, 3.63) is 72.1 Å². The zero-order valence-electron chi connectivity index (χ0n) is 24.4. The first kappa shape index (κ1) is 27.7. The van der Waals surface area contributed by atoms with Gasteiger partial charge in [-0.05, 0) is 69.3 Å². The predicted molar refractivity (Wildman–Crippen MR) is 164 cm³/mol. The molecule has 2 aromatic heterocycles. The summed E-state index contributed by atoms with van der Waals surface area (Å²) in [6, 6.07) is 15.2. The number of carbonyl (C=O) groups excluding carboxylic acids is 2. The van der Waals surface area contributed by atoms with Gasteiger partial charge in [0.25, 0.3) is 0 Å². The van der Waals surface area contributed by atoms with Gasteiger partial charge >= 0.3 is 6.09 Å². The zero-order chi connectivity index (χ0) is 29.4. The molecule has 10 heteroatoms. The van der Waals surface area contributed by atoms with Gasteiger partial charge in [0, 0.05) is 55.7 Å². The molecule has 0 aliphatic carbocycles. The summed E-state index contributed by atoms with van der Waals surface area (Å²) in [6.45, 7) is 10.1. The van der Waals surface area contributed by atoms with Crippen molar-refractivity contribution in [2.75, 3.05) is 44.7 Å². The molecule has 0 N–H and O–H groups in total. The molecule has 2 aliphatic heterocycles. The van der Waals surface area contributed by atoms with Crippen LogP contribution < -0.4 is 4.90 Å². The van der Waals surface area contributed by atoms with E-state index in [2.05, 4.69) is 26.8 Å². The molecule has 42 heavy (non-hydrogen) atoms. The van der Waals surface area contributed by atoms with Crippen molar-refractivity contribution in [3.63, 3.8) is 0 Å². The summed E-state index contributed by atoms with van der Waals surface area (Å²) in [5.74, 6) is 0.841. The minimum absolute atomic E-state index is 0.0256. The second-order valence-corrected chi connectivity index (χ2v) is 11.8. The molecule has 0 bridgehead atoms. The topological polar surface area (TPSA) is 96.2 Å². The largest absolute Gasteiger partial charge is 0.443 e. The van der Waals surface area contributed by atoms with E-state index in [0.29, 0.717) is 30.4 Å². The molecule has 6 rings (SSSR count). The third kappa shape index (κ3) is 5.81. The summed E-state index contributed by atoms with van der Waals surface area (Å²) in [6.07, 6.45) is 4.73. The monoisotopic (exact) mass is 565 g/mol. The number of ether oxygens (including phenoxy) is 1. The Kier molecular flexibility index (Phi) is 7.34. The SMILES string of the molecule is CN1CCN(CC(=O)n2ccc3ccc(-c4nccc(N(C(=O)OC(C)(C)C)c5ccc6c(c5)C=NC6)n4)cc32)CC1. The Hall–Kier alpha value is -4.41. The number of piperazine rings is 1. The number of nitrogens with zero attached hydrogens (tertiary/aromatic N) is 7. The Balaban J connectivity index is 1.33. The second-order valence-electron chi connectivity index (χ2n) is 11.8. The van der Waals surface area contributed by atoms with Gasteiger partial charge in [-0.3, -0.25) is 19.3 Å². The molecule has 4 aromatic rings. The lowest BCUT2D eigenvalue weighted by Crippen LogP contribution is -2.46. The van der Waals surface area contributed by atoms with E-state index in [1.807, 2.05) is 75.6 Å². The van der Waals surface area contributed by atoms with Crippen LogP contribution >= 0.6 is 0 Å². The highest BCUT2D eigenvalue weighted by molar-refractivity contribution is 5.98. The summed E-state index contributed by atoms with van der Waals surface area (Å²) in [7, 11) is 2.10. The van der Waals surface area contributed by atoms with Gasteiger partial charge in [-0.15, -0.1) is 0 Å². The molecule has 1 saturated heterocycles. The van der Waals surface area contributed by atoms with Crippen LogP contribution in [0.5, 0.6) is 0 Å². The van der Waals surface area contributed by atoms with Crippen LogP contribution in [0.1, 0.15) is 36.7 Å². The lowest BCUT2D eigenvalue weighted by molar-refractivity contribution is 0.0598. The van der Waals surface area contributed by atoms with Crippen molar-refractivity contribution >= 4 is 40.6 Å². The van der Waals surface area contributed by atoms with Gasteiger partial charge in [0.1, 0.15) is 11.4 Å². The quantitative estimate of drug-likeness (QED) is 0.336. The number of anilines is 2. The number of likely N-dealkylation sites (N-methyl/N-ethyl adjacent to an activating group) is 1. The molecule has 2 aliphatic rings. The van der Waals surface area contributed by atoms with Crippen molar-refractivity contribution in [2.24, 2.45) is 4.99 Å². The number of fused-ring (bicyclic) bond motifs is 2. The fourth-order valence-electron chi connectivity index (χ4n) is 5.24. The van der Waals surface area contributed by atoms with E-state index < -0.39 is 11.7 Å². The van der Waals surface area contributed by atoms with E-state index in [9.17, 15) is 9.59 Å². The van der Waals surface area contributed by atoms with Crippen molar-refractivity contribution < 1.29 is 14.3 Å². The molecule has 216 valence electrons. The number of carbonyl (C=O) groups is 2. The minimum atomic E-state index is -0.698. The van der Waals surface area contributed by atoms with Crippen LogP contribution in [0.25, 0.3) is 22.3 Å². The lowest BCUT2D eigenvalue weighted by atomic mass is 10.1. The Labute approximate surface area is 245 Å². The molecule has 2 aromatic carbocycles. The van der Waals surface area contributed by atoms with E-state index in [4.69, 9.17) is 9.72 Å². The molecular formula is C32H35N7O3. The number of aromatic nitrogens is 3. The van der Waals surface area contributed by atoms with E-state index >= 15 is 0 Å². The molecule has 0 radical (unpaired) electrons. The second kappa shape index (κ2) is 11.1. The van der Waals surface area contributed by atoms with Gasteiger partial charge in [0.05, 0.1) is 24.3 Å². The average Bonchev–Trinajstić information content (AvgIpc) is 3.60. The maximum atomic E-state index is 13.5. The highest BCUT2D eigenvalue weighted by Crippen LogP contribution is 2.31. The van der Waals surface area contributed by atoms with E-state index in [1.165, 1.54) is 4.90 Å². The zero-order valence-corrected chi connectivity index (χ0v) is 24.4. The van der Waals surface area contributed by atoms with Gasteiger partial charge in [0.15, 0.2) is 5.82 Å². The standard InChI is InChI=1S/C32H35N7O3/c1-32(2,3)42-31(41)39(26-8-7-24-19-33-20-25(24)17-26)28-9-11-34-30(35-28)23-6-5-22-10-12-38(27(22)18-23)29(40)21-37-15-13-36(4)14-16-37/h5-12,17-18,20H,13-16,19,21H2,1-4H3. The predicted octanol–water partition coefficient (Wildman–Crippen LogP) is 4.99. The van der Waals surface area contributed by atoms with E-state index in [1.54, 1.807) is 16.8 Å². The van der Waals surface area contributed by atoms with Gasteiger partial charge in [-0.25, -0.2) is 19.7 Å². The molecule has 0 unspecified atom stereocenters. The van der Waals surface area contributed by atoms with Crippen molar-refractivity contribution in [3.8, 4) is 11.4 Å². The van der Waals surface area contributed by atoms with Crippen LogP contribution in [0.2, 0.25) is 0 Å². The van der Waals surface area contributed by atoms with E-state index in [0.717, 1.165) is 53.8 Å². The van der Waals surface area contributed by atoms with Crippen LogP contribution in [0.15, 0.2) is 65.9 Å². The smallest absolute Gasteiger partial charge is 0.420 e. The van der Waals surface area contributed by atoms with Crippen LogP contribution in [0, 0.1) is 0 Å². The Morgan fingerprint density at radius 2 is 1.81 bits per heavy atom. The van der Waals surface area contributed by atoms with Crippen molar-refractivity contribution in [1.82, 2.24) is 24.3 Å². The summed E-state index contributed by atoms with van der Waals surface area (Å²) in [5.41, 5.74) is 3.52. The fourth-order valence-corrected chi connectivity index (χ4v) is 5.24. The van der Waals surface area contributed by atoms with Gasteiger partial charge in [-0.2, -0.15) is 0 Å². The summed E-state index contributed by atoms with van der Waals surface area (Å²) in [4.78, 5) is 46.4. The highest BCUT2D eigenvalue weighted by atomic mass is 16.6. The van der Waals surface area contributed by atoms with Crippen LogP contribution in [-0.4, -0.2) is 87.9 Å². The number of aliphatic imine (C=N–C) groups is 1. The maximum absolute atomic E-state index is 13.5. The lowest BCUT2D eigenvalue weighted by Gasteiger charge is -2.31. The third-order valence-electron chi connectivity index (χ3n) is 7.50. The van der Waals surface area contributed by atoms with Gasteiger partial charge in [-0.1, -0.05) is 18.2 Å². The minimum Gasteiger partial charge on any atom is -0.443 e. The average molecular weight is 566 g/mol. The number of benzene rings is 2. The first-order valence-corrected chi connectivity index (χ1v) is 14.2. The van der Waals surface area contributed by atoms with E-state index in [-0.39, 0.29) is 5.91 Å². The maximum Gasteiger partial charge on any atom is 0.420 e. The van der Waals surface area contributed by atoms with Crippen molar-refractivity contribution in [2.45, 2.75) is 32.9 Å². The highest BCUT2D eigenvalue weighted by Gasteiger charge is 2.27. The molecule has 0 saturated carbocycles. The number of hydrogen-bond donors (Lipinski definition) is 0. The Morgan fingerprint density at radius 1 is 1.00 bits per heavy atom. The van der Waals surface area contributed by atoms with Gasteiger partial charge < -0.3 is 9.64 Å². The first-order chi connectivity index (χ1) is 20.1. The Bertz CT molecular complexity index is 1680. The number of hydrogen-bond acceptors (Lipinski definition) is 8.